The van der Waals surface area contributed by atoms with Crippen LogP contribution in [-0.2, 0) is 26.1 Å². The number of hydrogen-bond acceptors (Lipinski definition) is 2. The van der Waals surface area contributed by atoms with Gasteiger partial charge < -0.3 is 0 Å². The van der Waals surface area contributed by atoms with Gasteiger partial charge in [-0.3, -0.25) is 13.8 Å². The SMILES string of the molecule is CCc1nn(CC)c(Cn2ccn(CC)c2=O)c1Cl. The molecule has 2 heterocycles. The van der Waals surface area contributed by atoms with Gasteiger partial charge in [0.1, 0.15) is 0 Å². The molecule has 0 aliphatic heterocycles. The van der Waals surface area contributed by atoms with E-state index in [9.17, 15) is 4.79 Å². The Bertz CT molecular complexity index is 623. The van der Waals surface area contributed by atoms with Crippen molar-refractivity contribution in [2.24, 2.45) is 0 Å². The molecule has 2 aromatic rings. The second-order valence-corrected chi connectivity index (χ2v) is 4.75. The number of aryl methyl sites for hydroxylation is 3. The van der Waals surface area contributed by atoms with Gasteiger partial charge >= 0.3 is 5.69 Å². The summed E-state index contributed by atoms with van der Waals surface area (Å²) in [5, 5.41) is 5.14. The quantitative estimate of drug-likeness (QED) is 0.843. The van der Waals surface area contributed by atoms with Crippen molar-refractivity contribution in [2.75, 3.05) is 0 Å². The molecular weight excluding hydrogens is 264 g/mol. The smallest absolute Gasteiger partial charge is 0.300 e. The van der Waals surface area contributed by atoms with Crippen LogP contribution in [0, 0.1) is 0 Å². The van der Waals surface area contributed by atoms with E-state index in [-0.39, 0.29) is 5.69 Å². The number of imidazole rings is 1. The van der Waals surface area contributed by atoms with Crippen molar-refractivity contribution in [1.82, 2.24) is 18.9 Å². The van der Waals surface area contributed by atoms with Crippen molar-refractivity contribution in [2.45, 2.75) is 46.8 Å². The molecular formula is C13H19ClN4O. The van der Waals surface area contributed by atoms with Crippen molar-refractivity contribution in [3.63, 3.8) is 0 Å². The lowest BCUT2D eigenvalue weighted by Gasteiger charge is -2.05. The fraction of sp³-hybridized carbons (Fsp3) is 0.538. The summed E-state index contributed by atoms with van der Waals surface area (Å²) >= 11 is 6.35. The lowest BCUT2D eigenvalue weighted by atomic mass is 10.3. The summed E-state index contributed by atoms with van der Waals surface area (Å²) in [6.07, 6.45) is 4.38. The molecule has 0 aliphatic carbocycles. The molecule has 0 aromatic carbocycles. The first-order chi connectivity index (χ1) is 9.12. The average Bonchev–Trinajstić information content (AvgIpc) is 2.92. The Morgan fingerprint density at radius 2 is 1.84 bits per heavy atom. The Kier molecular flexibility index (Phi) is 4.14. The zero-order valence-corrected chi connectivity index (χ0v) is 12.3. The maximum atomic E-state index is 12.0. The second-order valence-electron chi connectivity index (χ2n) is 4.37. The molecule has 2 rings (SSSR count). The third kappa shape index (κ3) is 2.47. The predicted octanol–water partition coefficient (Wildman–Crippen LogP) is 2.15. The molecule has 0 saturated heterocycles. The molecule has 104 valence electrons. The van der Waals surface area contributed by atoms with E-state index in [2.05, 4.69) is 5.10 Å². The largest absolute Gasteiger partial charge is 0.328 e. The van der Waals surface area contributed by atoms with Crippen LogP contribution in [0.4, 0.5) is 0 Å². The maximum Gasteiger partial charge on any atom is 0.328 e. The first-order valence-electron chi connectivity index (χ1n) is 6.61. The topological polar surface area (TPSA) is 44.8 Å². The van der Waals surface area contributed by atoms with Gasteiger partial charge in [-0.05, 0) is 20.3 Å². The Labute approximate surface area is 117 Å². The van der Waals surface area contributed by atoms with Crippen LogP contribution in [0.3, 0.4) is 0 Å². The summed E-state index contributed by atoms with van der Waals surface area (Å²) in [4.78, 5) is 12.0. The monoisotopic (exact) mass is 282 g/mol. The summed E-state index contributed by atoms with van der Waals surface area (Å²) in [5.41, 5.74) is 1.78. The summed E-state index contributed by atoms with van der Waals surface area (Å²) < 4.78 is 5.20. The molecule has 6 heteroatoms. The van der Waals surface area contributed by atoms with E-state index in [1.54, 1.807) is 21.5 Å². The van der Waals surface area contributed by atoms with E-state index in [1.165, 1.54) is 0 Å². The van der Waals surface area contributed by atoms with Crippen LogP contribution in [0.5, 0.6) is 0 Å². The first-order valence-corrected chi connectivity index (χ1v) is 6.99. The fourth-order valence-electron chi connectivity index (χ4n) is 2.14. The first kappa shape index (κ1) is 13.9. The van der Waals surface area contributed by atoms with E-state index in [0.717, 1.165) is 24.4 Å². The Hall–Kier alpha value is -1.49. The standard InChI is InChI=1S/C13H19ClN4O/c1-4-10-12(14)11(18(6-3)15-10)9-17-8-7-16(5-2)13(17)19/h7-8H,4-6,9H2,1-3H3. The van der Waals surface area contributed by atoms with Gasteiger partial charge in [-0.2, -0.15) is 5.10 Å². The third-order valence-corrected chi connectivity index (χ3v) is 3.71. The molecule has 19 heavy (non-hydrogen) atoms. The van der Waals surface area contributed by atoms with Gasteiger partial charge in [0.2, 0.25) is 0 Å². The number of halogens is 1. The third-order valence-electron chi connectivity index (χ3n) is 3.27. The van der Waals surface area contributed by atoms with E-state index >= 15 is 0 Å². The van der Waals surface area contributed by atoms with Crippen LogP contribution in [0.1, 0.15) is 32.2 Å². The van der Waals surface area contributed by atoms with Gasteiger partial charge in [0.05, 0.1) is 23.0 Å². The molecule has 2 aromatic heterocycles. The minimum atomic E-state index is -0.0135. The van der Waals surface area contributed by atoms with E-state index in [0.29, 0.717) is 18.1 Å². The van der Waals surface area contributed by atoms with Gasteiger partial charge in [-0.1, -0.05) is 18.5 Å². The van der Waals surface area contributed by atoms with Crippen LogP contribution in [0.2, 0.25) is 5.02 Å². The normalized spacial score (nSPS) is 11.2. The minimum Gasteiger partial charge on any atom is -0.300 e. The summed E-state index contributed by atoms with van der Waals surface area (Å²) in [5.74, 6) is 0. The van der Waals surface area contributed by atoms with Gasteiger partial charge in [-0.15, -0.1) is 0 Å². The molecule has 0 saturated carbocycles. The van der Waals surface area contributed by atoms with Crippen LogP contribution < -0.4 is 5.69 Å². The Morgan fingerprint density at radius 1 is 1.16 bits per heavy atom. The molecule has 0 bridgehead atoms. The van der Waals surface area contributed by atoms with E-state index in [1.807, 2.05) is 25.5 Å². The lowest BCUT2D eigenvalue weighted by molar-refractivity contribution is 0.582. The van der Waals surface area contributed by atoms with Crippen molar-refractivity contribution in [1.29, 1.82) is 0 Å². The van der Waals surface area contributed by atoms with Crippen molar-refractivity contribution < 1.29 is 0 Å². The Morgan fingerprint density at radius 3 is 2.37 bits per heavy atom. The van der Waals surface area contributed by atoms with Crippen LogP contribution in [-0.4, -0.2) is 18.9 Å². The van der Waals surface area contributed by atoms with E-state index in [4.69, 9.17) is 11.6 Å². The predicted molar refractivity (Wildman–Crippen MR) is 75.8 cm³/mol. The average molecular weight is 283 g/mol. The van der Waals surface area contributed by atoms with Crippen LogP contribution in [0.25, 0.3) is 0 Å². The highest BCUT2D eigenvalue weighted by Gasteiger charge is 2.15. The number of rotatable bonds is 5. The highest BCUT2D eigenvalue weighted by atomic mass is 35.5. The zero-order valence-electron chi connectivity index (χ0n) is 11.6. The lowest BCUT2D eigenvalue weighted by Crippen LogP contribution is -2.24. The molecule has 5 nitrogen and oxygen atoms in total. The Balaban J connectivity index is 2.40. The fourth-order valence-corrected chi connectivity index (χ4v) is 2.47. The van der Waals surface area contributed by atoms with Gasteiger partial charge in [0.15, 0.2) is 0 Å². The molecule has 0 amide bonds. The number of nitrogens with zero attached hydrogens (tertiary/aromatic N) is 4. The van der Waals surface area contributed by atoms with Crippen molar-refractivity contribution in [3.8, 4) is 0 Å². The molecule has 0 aliphatic rings. The molecule has 0 unspecified atom stereocenters. The van der Waals surface area contributed by atoms with Gasteiger partial charge in [-0.25, -0.2) is 4.79 Å². The summed E-state index contributed by atoms with van der Waals surface area (Å²) in [6, 6.07) is 0. The molecule has 0 fully saturated rings. The summed E-state index contributed by atoms with van der Waals surface area (Å²) in [7, 11) is 0. The molecule has 0 N–H and O–H groups in total. The highest BCUT2D eigenvalue weighted by molar-refractivity contribution is 6.31. The van der Waals surface area contributed by atoms with Crippen molar-refractivity contribution in [3.05, 3.63) is 39.3 Å². The van der Waals surface area contributed by atoms with Crippen molar-refractivity contribution >= 4 is 11.6 Å². The van der Waals surface area contributed by atoms with Gasteiger partial charge in [0.25, 0.3) is 0 Å². The van der Waals surface area contributed by atoms with Gasteiger partial charge in [0, 0.05) is 25.5 Å². The van der Waals surface area contributed by atoms with E-state index < -0.39 is 0 Å². The van der Waals surface area contributed by atoms with Crippen LogP contribution >= 0.6 is 11.6 Å². The zero-order chi connectivity index (χ0) is 14.0. The second kappa shape index (κ2) is 5.65. The van der Waals surface area contributed by atoms with Crippen LogP contribution in [0.15, 0.2) is 17.2 Å². The number of hydrogen-bond donors (Lipinski definition) is 0. The highest BCUT2D eigenvalue weighted by Crippen LogP contribution is 2.22. The number of aromatic nitrogens is 4. The maximum absolute atomic E-state index is 12.0. The molecule has 0 atom stereocenters. The summed E-state index contributed by atoms with van der Waals surface area (Å²) in [6.45, 7) is 7.88. The molecule has 0 radical (unpaired) electrons. The molecule has 0 spiro atoms. The minimum absolute atomic E-state index is 0.0135.